The molecule has 0 spiro atoms. The molecule has 1 nitrogen and oxygen atoms in total. The molecule has 0 aromatic rings. The Bertz CT molecular complexity index is 182. The number of rotatable bonds is 5. The maximum absolute atomic E-state index is 9.65. The Morgan fingerprint density at radius 3 is 2.36 bits per heavy atom. The van der Waals surface area contributed by atoms with E-state index < -0.39 is 0 Å². The summed E-state index contributed by atoms with van der Waals surface area (Å²) in [6.45, 7) is 8.90. The number of aliphatic hydroxyl groups excluding tert-OH is 1. The maximum Gasteiger partial charge on any atom is 0.0551 e. The van der Waals surface area contributed by atoms with Gasteiger partial charge in [0.1, 0.15) is 0 Å². The van der Waals surface area contributed by atoms with Crippen molar-refractivity contribution in [2.24, 2.45) is 11.3 Å². The van der Waals surface area contributed by atoms with Gasteiger partial charge < -0.3 is 5.11 Å². The Kier molecular flexibility index (Phi) is 5.88. The lowest BCUT2D eigenvalue weighted by molar-refractivity contribution is 0.126. The largest absolute Gasteiger partial charge is 0.393 e. The van der Waals surface area contributed by atoms with Crippen LogP contribution in [0.5, 0.6) is 0 Å². The van der Waals surface area contributed by atoms with Crippen molar-refractivity contribution in [3.8, 4) is 12.3 Å². The molecule has 0 saturated heterocycles. The van der Waals surface area contributed by atoms with Crippen molar-refractivity contribution in [3.05, 3.63) is 0 Å². The molecule has 0 bridgehead atoms. The van der Waals surface area contributed by atoms with Crippen molar-refractivity contribution in [1.29, 1.82) is 0 Å². The fourth-order valence-corrected chi connectivity index (χ4v) is 1.96. The van der Waals surface area contributed by atoms with Crippen LogP contribution in [0.2, 0.25) is 0 Å². The van der Waals surface area contributed by atoms with Crippen LogP contribution >= 0.6 is 0 Å². The molecule has 2 atom stereocenters. The van der Waals surface area contributed by atoms with Crippen molar-refractivity contribution >= 4 is 0 Å². The molecular formula is C13H24O. The van der Waals surface area contributed by atoms with Gasteiger partial charge in [-0.1, -0.05) is 27.7 Å². The number of terminal acetylenes is 1. The smallest absolute Gasteiger partial charge is 0.0551 e. The third-order valence-electron chi connectivity index (χ3n) is 2.26. The quantitative estimate of drug-likeness (QED) is 0.669. The lowest BCUT2D eigenvalue weighted by atomic mass is 9.83. The fraction of sp³-hybridized carbons (Fsp3) is 0.846. The standard InChI is InChI=1S/C13H24O/c1-6-7-8-12(14)9-11(2)10-13(3,4)5/h1,11-12,14H,7-10H2,2-5H3. The van der Waals surface area contributed by atoms with Gasteiger partial charge in [0, 0.05) is 6.42 Å². The van der Waals surface area contributed by atoms with Gasteiger partial charge >= 0.3 is 0 Å². The van der Waals surface area contributed by atoms with E-state index in [2.05, 4.69) is 33.6 Å². The number of aliphatic hydroxyl groups is 1. The molecule has 0 aliphatic carbocycles. The highest BCUT2D eigenvalue weighted by atomic mass is 16.3. The lowest BCUT2D eigenvalue weighted by Gasteiger charge is -2.24. The monoisotopic (exact) mass is 196 g/mol. The first-order valence-electron chi connectivity index (χ1n) is 5.46. The van der Waals surface area contributed by atoms with E-state index in [0.717, 1.165) is 19.3 Å². The van der Waals surface area contributed by atoms with E-state index in [-0.39, 0.29) is 6.10 Å². The van der Waals surface area contributed by atoms with Crippen molar-refractivity contribution in [3.63, 3.8) is 0 Å². The van der Waals surface area contributed by atoms with Crippen molar-refractivity contribution < 1.29 is 5.11 Å². The van der Waals surface area contributed by atoms with E-state index in [1.807, 2.05) is 0 Å². The SMILES string of the molecule is C#CCCC(O)CC(C)CC(C)(C)C. The second-order valence-electron chi connectivity index (χ2n) is 5.50. The summed E-state index contributed by atoms with van der Waals surface area (Å²) in [4.78, 5) is 0. The van der Waals surface area contributed by atoms with Crippen LogP contribution in [-0.2, 0) is 0 Å². The lowest BCUT2D eigenvalue weighted by Crippen LogP contribution is -2.17. The normalized spacial score (nSPS) is 16.0. The molecule has 0 aliphatic rings. The molecule has 82 valence electrons. The summed E-state index contributed by atoms with van der Waals surface area (Å²) in [6, 6.07) is 0. The van der Waals surface area contributed by atoms with E-state index in [0.29, 0.717) is 17.8 Å². The first-order valence-corrected chi connectivity index (χ1v) is 5.46. The Labute approximate surface area is 88.9 Å². The molecule has 0 aromatic heterocycles. The van der Waals surface area contributed by atoms with Gasteiger partial charge in [0.15, 0.2) is 0 Å². The predicted octanol–water partition coefficient (Wildman–Crippen LogP) is 3.22. The van der Waals surface area contributed by atoms with Crippen LogP contribution in [0.1, 0.15) is 53.4 Å². The molecule has 0 amide bonds. The second-order valence-corrected chi connectivity index (χ2v) is 5.50. The van der Waals surface area contributed by atoms with E-state index in [1.165, 1.54) is 0 Å². The van der Waals surface area contributed by atoms with E-state index in [1.54, 1.807) is 0 Å². The summed E-state index contributed by atoms with van der Waals surface area (Å²) in [6.07, 6.45) is 8.38. The fourth-order valence-electron chi connectivity index (χ4n) is 1.96. The van der Waals surface area contributed by atoms with Crippen molar-refractivity contribution in [2.75, 3.05) is 0 Å². The van der Waals surface area contributed by atoms with Gasteiger partial charge in [-0.2, -0.15) is 0 Å². The highest BCUT2D eigenvalue weighted by molar-refractivity contribution is 4.84. The zero-order valence-corrected chi connectivity index (χ0v) is 10.0. The van der Waals surface area contributed by atoms with Crippen LogP contribution in [0.4, 0.5) is 0 Å². The zero-order valence-electron chi connectivity index (χ0n) is 10.0. The minimum absolute atomic E-state index is 0.219. The predicted molar refractivity (Wildman–Crippen MR) is 61.9 cm³/mol. The molecule has 0 aliphatic heterocycles. The molecule has 0 aromatic carbocycles. The summed E-state index contributed by atoms with van der Waals surface area (Å²) in [5, 5.41) is 9.65. The van der Waals surface area contributed by atoms with Crippen LogP contribution in [0.25, 0.3) is 0 Å². The summed E-state index contributed by atoms with van der Waals surface area (Å²) >= 11 is 0. The molecule has 0 saturated carbocycles. The Balaban J connectivity index is 3.72. The third kappa shape index (κ3) is 8.13. The van der Waals surface area contributed by atoms with Gasteiger partial charge in [-0.15, -0.1) is 12.3 Å². The van der Waals surface area contributed by atoms with Crippen LogP contribution in [0, 0.1) is 23.7 Å². The van der Waals surface area contributed by atoms with Gasteiger partial charge in [0.2, 0.25) is 0 Å². The molecule has 2 unspecified atom stereocenters. The van der Waals surface area contributed by atoms with Crippen LogP contribution < -0.4 is 0 Å². The highest BCUT2D eigenvalue weighted by Gasteiger charge is 2.17. The van der Waals surface area contributed by atoms with Gasteiger partial charge in [-0.25, -0.2) is 0 Å². The second kappa shape index (κ2) is 6.09. The molecule has 0 rings (SSSR count). The molecule has 1 heteroatoms. The summed E-state index contributed by atoms with van der Waals surface area (Å²) in [7, 11) is 0. The molecule has 0 heterocycles. The minimum Gasteiger partial charge on any atom is -0.393 e. The van der Waals surface area contributed by atoms with E-state index in [9.17, 15) is 5.11 Å². The minimum atomic E-state index is -0.219. The average Bonchev–Trinajstić information content (AvgIpc) is 1.96. The zero-order chi connectivity index (χ0) is 11.2. The molecule has 0 radical (unpaired) electrons. The van der Waals surface area contributed by atoms with Crippen molar-refractivity contribution in [2.45, 2.75) is 59.5 Å². The van der Waals surface area contributed by atoms with E-state index in [4.69, 9.17) is 6.42 Å². The van der Waals surface area contributed by atoms with Crippen molar-refractivity contribution in [1.82, 2.24) is 0 Å². The van der Waals surface area contributed by atoms with Gasteiger partial charge in [0.25, 0.3) is 0 Å². The summed E-state index contributed by atoms with van der Waals surface area (Å²) in [5.41, 5.74) is 0.352. The molecule has 1 N–H and O–H groups in total. The van der Waals surface area contributed by atoms with E-state index >= 15 is 0 Å². The first-order chi connectivity index (χ1) is 6.35. The van der Waals surface area contributed by atoms with Gasteiger partial charge in [-0.3, -0.25) is 0 Å². The van der Waals surface area contributed by atoms with Gasteiger partial charge in [0.05, 0.1) is 6.10 Å². The molecule has 0 fully saturated rings. The van der Waals surface area contributed by atoms with Gasteiger partial charge in [-0.05, 0) is 30.6 Å². The van der Waals surface area contributed by atoms with Crippen LogP contribution in [0.3, 0.4) is 0 Å². The summed E-state index contributed by atoms with van der Waals surface area (Å²) in [5.74, 6) is 3.13. The summed E-state index contributed by atoms with van der Waals surface area (Å²) < 4.78 is 0. The third-order valence-corrected chi connectivity index (χ3v) is 2.26. The topological polar surface area (TPSA) is 20.2 Å². The van der Waals surface area contributed by atoms with Crippen LogP contribution in [0.15, 0.2) is 0 Å². The highest BCUT2D eigenvalue weighted by Crippen LogP contribution is 2.27. The van der Waals surface area contributed by atoms with Crippen LogP contribution in [-0.4, -0.2) is 11.2 Å². The average molecular weight is 196 g/mol. The number of hydrogen-bond donors (Lipinski definition) is 1. The first kappa shape index (κ1) is 13.5. The Hall–Kier alpha value is -0.480. The molecule has 14 heavy (non-hydrogen) atoms. The Morgan fingerprint density at radius 1 is 1.36 bits per heavy atom. The molecular weight excluding hydrogens is 172 g/mol. The number of hydrogen-bond acceptors (Lipinski definition) is 1. The Morgan fingerprint density at radius 2 is 1.93 bits per heavy atom. The maximum atomic E-state index is 9.65.